The Bertz CT molecular complexity index is 509. The van der Waals surface area contributed by atoms with E-state index in [-0.39, 0.29) is 5.78 Å². The maximum Gasteiger partial charge on any atom is 0.194 e. The molecule has 0 aliphatic carbocycles. The Labute approximate surface area is 100 Å². The Morgan fingerprint density at radius 1 is 1.24 bits per heavy atom. The molecule has 0 saturated carbocycles. The van der Waals surface area contributed by atoms with Gasteiger partial charge in [-0.3, -0.25) is 4.79 Å². The number of hydrogen-bond donors (Lipinski definition) is 0. The van der Waals surface area contributed by atoms with Crippen LogP contribution in [-0.4, -0.2) is 12.9 Å². The summed E-state index contributed by atoms with van der Waals surface area (Å²) in [5.41, 5.74) is 2.15. The summed E-state index contributed by atoms with van der Waals surface area (Å²) in [6.45, 7) is 1.50. The van der Waals surface area contributed by atoms with Gasteiger partial charge in [0.2, 0.25) is 0 Å². The molecule has 0 amide bonds. The van der Waals surface area contributed by atoms with Crippen molar-refractivity contribution in [2.75, 3.05) is 7.11 Å². The van der Waals surface area contributed by atoms with Gasteiger partial charge in [0, 0.05) is 13.3 Å². The summed E-state index contributed by atoms with van der Waals surface area (Å²) < 4.78 is 10.3. The fraction of sp³-hybridized carbons (Fsp3) is 0.214. The number of ether oxygens (including phenoxy) is 1. The summed E-state index contributed by atoms with van der Waals surface area (Å²) in [7, 11) is 1.64. The first-order valence-corrected chi connectivity index (χ1v) is 5.40. The van der Waals surface area contributed by atoms with Crippen LogP contribution >= 0.6 is 0 Å². The van der Waals surface area contributed by atoms with Crippen LogP contribution in [0.5, 0.6) is 5.75 Å². The first-order chi connectivity index (χ1) is 8.19. The van der Waals surface area contributed by atoms with Crippen molar-refractivity contribution in [3.63, 3.8) is 0 Å². The Balaban J connectivity index is 2.11. The summed E-state index contributed by atoms with van der Waals surface area (Å²) in [5, 5.41) is 0. The van der Waals surface area contributed by atoms with E-state index in [1.165, 1.54) is 6.92 Å². The average Bonchev–Trinajstić information content (AvgIpc) is 2.79. The van der Waals surface area contributed by atoms with Gasteiger partial charge < -0.3 is 9.15 Å². The lowest BCUT2D eigenvalue weighted by atomic mass is 10.1. The molecule has 2 rings (SSSR count). The van der Waals surface area contributed by atoms with Crippen molar-refractivity contribution < 1.29 is 13.9 Å². The lowest BCUT2D eigenvalue weighted by Crippen LogP contribution is -1.89. The van der Waals surface area contributed by atoms with E-state index in [2.05, 4.69) is 0 Å². The molecule has 0 fully saturated rings. The normalized spacial score (nSPS) is 10.2. The summed E-state index contributed by atoms with van der Waals surface area (Å²) in [6.07, 6.45) is 2.38. The van der Waals surface area contributed by atoms with Gasteiger partial charge in [0.1, 0.15) is 5.75 Å². The average molecular weight is 230 g/mol. The highest BCUT2D eigenvalue weighted by Gasteiger charge is 2.06. The van der Waals surface area contributed by atoms with E-state index in [4.69, 9.17) is 9.15 Å². The van der Waals surface area contributed by atoms with E-state index < -0.39 is 0 Å². The molecule has 0 aliphatic rings. The molecule has 1 aromatic heterocycles. The molecule has 0 N–H and O–H groups in total. The molecule has 0 spiro atoms. The van der Waals surface area contributed by atoms with Crippen molar-refractivity contribution in [3.05, 3.63) is 53.5 Å². The first-order valence-electron chi connectivity index (χ1n) is 5.40. The zero-order valence-electron chi connectivity index (χ0n) is 9.90. The van der Waals surface area contributed by atoms with E-state index in [1.807, 2.05) is 24.3 Å². The van der Waals surface area contributed by atoms with Gasteiger partial charge in [0.05, 0.1) is 13.4 Å². The molecule has 1 aromatic carbocycles. The Kier molecular flexibility index (Phi) is 3.28. The third-order valence-electron chi connectivity index (χ3n) is 2.57. The standard InChI is InChI=1S/C14H14O3/c1-10(15)14-8-12(9-17-14)7-11-3-5-13(16-2)6-4-11/h3-6,8-9H,7H2,1-2H3. The molecule has 3 heteroatoms. The molecule has 0 saturated heterocycles. The van der Waals surface area contributed by atoms with Crippen LogP contribution in [0.2, 0.25) is 0 Å². The Morgan fingerprint density at radius 2 is 1.94 bits per heavy atom. The molecule has 1 heterocycles. The Hall–Kier alpha value is -2.03. The minimum Gasteiger partial charge on any atom is -0.497 e. The molecule has 3 nitrogen and oxygen atoms in total. The molecule has 2 aromatic rings. The zero-order chi connectivity index (χ0) is 12.3. The lowest BCUT2D eigenvalue weighted by Gasteiger charge is -2.01. The number of furan rings is 1. The minimum absolute atomic E-state index is 0.0500. The van der Waals surface area contributed by atoms with Crippen molar-refractivity contribution >= 4 is 5.78 Å². The van der Waals surface area contributed by atoms with Gasteiger partial charge in [-0.1, -0.05) is 12.1 Å². The van der Waals surface area contributed by atoms with Gasteiger partial charge >= 0.3 is 0 Å². The van der Waals surface area contributed by atoms with Crippen molar-refractivity contribution in [3.8, 4) is 5.75 Å². The molecule has 17 heavy (non-hydrogen) atoms. The van der Waals surface area contributed by atoms with Crippen molar-refractivity contribution in [2.45, 2.75) is 13.3 Å². The second kappa shape index (κ2) is 4.87. The monoisotopic (exact) mass is 230 g/mol. The van der Waals surface area contributed by atoms with Gasteiger partial charge in [0.25, 0.3) is 0 Å². The quantitative estimate of drug-likeness (QED) is 0.758. The maximum atomic E-state index is 11.1. The van der Waals surface area contributed by atoms with Crippen molar-refractivity contribution in [1.29, 1.82) is 0 Å². The Morgan fingerprint density at radius 3 is 2.47 bits per heavy atom. The number of carbonyl (C=O) groups is 1. The van der Waals surface area contributed by atoms with Crippen LogP contribution < -0.4 is 4.74 Å². The van der Waals surface area contributed by atoms with Crippen LogP contribution in [0.25, 0.3) is 0 Å². The van der Waals surface area contributed by atoms with Gasteiger partial charge in [0.15, 0.2) is 11.5 Å². The second-order valence-corrected chi connectivity index (χ2v) is 3.90. The van der Waals surface area contributed by atoms with Crippen molar-refractivity contribution in [2.24, 2.45) is 0 Å². The highest BCUT2D eigenvalue weighted by atomic mass is 16.5. The molecule has 0 unspecified atom stereocenters. The van der Waals surface area contributed by atoms with E-state index in [0.717, 1.165) is 23.3 Å². The second-order valence-electron chi connectivity index (χ2n) is 3.90. The molecule has 0 aliphatic heterocycles. The topological polar surface area (TPSA) is 39.4 Å². The SMILES string of the molecule is COc1ccc(Cc2coc(C(C)=O)c2)cc1. The highest BCUT2D eigenvalue weighted by molar-refractivity contribution is 5.91. The summed E-state index contributed by atoms with van der Waals surface area (Å²) in [4.78, 5) is 11.1. The third-order valence-corrected chi connectivity index (χ3v) is 2.57. The van der Waals surface area contributed by atoms with Crippen LogP contribution in [-0.2, 0) is 6.42 Å². The molecule has 0 radical (unpaired) electrons. The predicted molar refractivity (Wildman–Crippen MR) is 64.5 cm³/mol. The number of rotatable bonds is 4. The fourth-order valence-electron chi connectivity index (χ4n) is 1.63. The number of Topliss-reactive ketones (excluding diaryl/α,β-unsaturated/α-hetero) is 1. The number of benzene rings is 1. The van der Waals surface area contributed by atoms with E-state index >= 15 is 0 Å². The number of hydrogen-bond acceptors (Lipinski definition) is 3. The largest absolute Gasteiger partial charge is 0.497 e. The smallest absolute Gasteiger partial charge is 0.194 e. The molecule has 0 atom stereocenters. The van der Waals surface area contributed by atoms with Crippen LogP contribution in [0.15, 0.2) is 41.0 Å². The minimum atomic E-state index is -0.0500. The van der Waals surface area contributed by atoms with Crippen molar-refractivity contribution in [1.82, 2.24) is 0 Å². The number of ketones is 1. The van der Waals surface area contributed by atoms with Crippen LogP contribution in [0.1, 0.15) is 28.6 Å². The first kappa shape index (κ1) is 11.5. The summed E-state index contributed by atoms with van der Waals surface area (Å²) in [5.74, 6) is 1.20. The van der Waals surface area contributed by atoms with Gasteiger partial charge in [-0.15, -0.1) is 0 Å². The fourth-order valence-corrected chi connectivity index (χ4v) is 1.63. The number of methoxy groups -OCH3 is 1. The van der Waals surface area contributed by atoms with E-state index in [0.29, 0.717) is 5.76 Å². The molecular formula is C14H14O3. The lowest BCUT2D eigenvalue weighted by molar-refractivity contribution is 0.0987. The highest BCUT2D eigenvalue weighted by Crippen LogP contribution is 2.16. The van der Waals surface area contributed by atoms with Gasteiger partial charge in [-0.05, 0) is 29.3 Å². The van der Waals surface area contributed by atoms with Crippen LogP contribution in [0, 0.1) is 0 Å². The van der Waals surface area contributed by atoms with E-state index in [9.17, 15) is 4.79 Å². The summed E-state index contributed by atoms with van der Waals surface area (Å²) in [6, 6.07) is 9.62. The third kappa shape index (κ3) is 2.75. The van der Waals surface area contributed by atoms with Crippen LogP contribution in [0.3, 0.4) is 0 Å². The molecule has 88 valence electrons. The van der Waals surface area contributed by atoms with Gasteiger partial charge in [-0.2, -0.15) is 0 Å². The predicted octanol–water partition coefficient (Wildman–Crippen LogP) is 3.08. The van der Waals surface area contributed by atoms with Gasteiger partial charge in [-0.25, -0.2) is 0 Å². The van der Waals surface area contributed by atoms with E-state index in [1.54, 1.807) is 19.4 Å². The maximum absolute atomic E-state index is 11.1. The molecular weight excluding hydrogens is 216 g/mol. The number of carbonyl (C=O) groups excluding carboxylic acids is 1. The summed E-state index contributed by atoms with van der Waals surface area (Å²) >= 11 is 0. The zero-order valence-corrected chi connectivity index (χ0v) is 9.90. The molecule has 0 bridgehead atoms. The van der Waals surface area contributed by atoms with Crippen LogP contribution in [0.4, 0.5) is 0 Å².